The highest BCUT2D eigenvalue weighted by molar-refractivity contribution is 6.10. The van der Waals surface area contributed by atoms with Crippen LogP contribution in [0, 0.1) is 0 Å². The quantitative estimate of drug-likeness (QED) is 0.668. The summed E-state index contributed by atoms with van der Waals surface area (Å²) >= 11 is 0. The first-order chi connectivity index (χ1) is 15.3. The molecule has 2 aromatic carbocycles. The number of nitrogens with one attached hydrogen (secondary N) is 3. The van der Waals surface area contributed by atoms with E-state index >= 15 is 0 Å². The number of hydrazone groups is 1. The molecule has 168 valence electrons. The predicted molar refractivity (Wildman–Crippen MR) is 112 cm³/mol. The van der Waals surface area contributed by atoms with Crippen molar-refractivity contribution in [2.75, 3.05) is 29.9 Å². The number of anilines is 2. The third-order valence-corrected chi connectivity index (χ3v) is 5.60. The van der Waals surface area contributed by atoms with Gasteiger partial charge < -0.3 is 25.0 Å². The lowest BCUT2D eigenvalue weighted by molar-refractivity contribution is -0.274. The van der Waals surface area contributed by atoms with Crippen LogP contribution < -0.4 is 30.4 Å². The van der Waals surface area contributed by atoms with E-state index in [9.17, 15) is 18.0 Å². The molecular weight excluding hydrogens is 427 g/mol. The number of fused-ring (bicyclic) bond motifs is 3. The van der Waals surface area contributed by atoms with E-state index in [1.54, 1.807) is 19.1 Å². The lowest BCUT2D eigenvalue weighted by Gasteiger charge is -2.39. The van der Waals surface area contributed by atoms with Gasteiger partial charge in [0.05, 0.1) is 11.7 Å². The molecule has 1 atom stereocenters. The van der Waals surface area contributed by atoms with E-state index in [4.69, 9.17) is 4.74 Å². The molecule has 1 amide bonds. The van der Waals surface area contributed by atoms with Gasteiger partial charge in [0.2, 0.25) is 0 Å². The van der Waals surface area contributed by atoms with E-state index in [1.807, 2.05) is 17.0 Å². The molecule has 8 nitrogen and oxygen atoms in total. The van der Waals surface area contributed by atoms with Crippen molar-refractivity contribution in [1.29, 1.82) is 0 Å². The summed E-state index contributed by atoms with van der Waals surface area (Å²) in [4.78, 5) is 14.0. The van der Waals surface area contributed by atoms with Crippen molar-refractivity contribution in [3.63, 3.8) is 0 Å². The molecule has 0 spiro atoms. The Balaban J connectivity index is 1.55. The average Bonchev–Trinajstić information content (AvgIpc) is 2.72. The average molecular weight is 447 g/mol. The summed E-state index contributed by atoms with van der Waals surface area (Å²) in [7, 11) is 0. The molecule has 0 aliphatic carbocycles. The summed E-state index contributed by atoms with van der Waals surface area (Å²) < 4.78 is 47.4. The fourth-order valence-electron chi connectivity index (χ4n) is 3.88. The van der Waals surface area contributed by atoms with Crippen LogP contribution in [0.25, 0.3) is 11.1 Å². The number of hydrogen-bond acceptors (Lipinski definition) is 7. The summed E-state index contributed by atoms with van der Waals surface area (Å²) in [6, 6.07) is 9.16. The lowest BCUT2D eigenvalue weighted by Crippen LogP contribution is -2.55. The highest BCUT2D eigenvalue weighted by Crippen LogP contribution is 2.43. The van der Waals surface area contributed by atoms with Gasteiger partial charge >= 0.3 is 6.36 Å². The molecule has 1 saturated heterocycles. The minimum Gasteiger partial charge on any atom is -0.483 e. The van der Waals surface area contributed by atoms with Gasteiger partial charge in [0.15, 0.2) is 5.84 Å². The third-order valence-electron chi connectivity index (χ3n) is 5.60. The number of halogens is 3. The van der Waals surface area contributed by atoms with Crippen molar-refractivity contribution in [1.82, 2.24) is 10.7 Å². The molecule has 3 aliphatic rings. The number of rotatable bonds is 4. The number of ether oxygens (including phenoxy) is 2. The Morgan fingerprint density at radius 3 is 2.62 bits per heavy atom. The maximum absolute atomic E-state index is 12.5. The second kappa shape index (κ2) is 7.59. The number of nitrogens with zero attached hydrogens (tertiary/aromatic N) is 2. The molecule has 3 heterocycles. The van der Waals surface area contributed by atoms with E-state index in [-0.39, 0.29) is 24.3 Å². The monoisotopic (exact) mass is 447 g/mol. The van der Waals surface area contributed by atoms with Gasteiger partial charge in [-0.25, -0.2) is 5.43 Å². The molecule has 32 heavy (non-hydrogen) atoms. The fraction of sp³-hybridized carbons (Fsp3) is 0.333. The maximum atomic E-state index is 12.5. The zero-order chi connectivity index (χ0) is 22.5. The Bertz CT molecular complexity index is 1080. The van der Waals surface area contributed by atoms with E-state index in [0.717, 1.165) is 24.3 Å². The van der Waals surface area contributed by atoms with Crippen molar-refractivity contribution in [3.05, 3.63) is 36.4 Å². The number of carbonyl (C=O) groups excluding carboxylic acids is 1. The summed E-state index contributed by atoms with van der Waals surface area (Å²) in [6.45, 7) is 3.56. The van der Waals surface area contributed by atoms with E-state index in [0.29, 0.717) is 22.8 Å². The van der Waals surface area contributed by atoms with Gasteiger partial charge in [-0.2, -0.15) is 5.10 Å². The van der Waals surface area contributed by atoms with Crippen molar-refractivity contribution >= 4 is 23.1 Å². The van der Waals surface area contributed by atoms with Gasteiger partial charge in [-0.05, 0) is 36.8 Å². The van der Waals surface area contributed by atoms with Gasteiger partial charge in [-0.3, -0.25) is 4.79 Å². The van der Waals surface area contributed by atoms with E-state index < -0.39 is 12.4 Å². The Morgan fingerprint density at radius 2 is 1.97 bits per heavy atom. The number of hydrogen-bond donors (Lipinski definition) is 3. The van der Waals surface area contributed by atoms with Crippen molar-refractivity contribution < 1.29 is 27.4 Å². The van der Waals surface area contributed by atoms with E-state index in [2.05, 4.69) is 25.9 Å². The topological polar surface area (TPSA) is 87.2 Å². The fourth-order valence-corrected chi connectivity index (χ4v) is 3.88. The minimum absolute atomic E-state index is 0.189. The van der Waals surface area contributed by atoms with Gasteiger partial charge in [-0.1, -0.05) is 12.1 Å². The normalized spacial score (nSPS) is 20.2. The first-order valence-electron chi connectivity index (χ1n) is 10.1. The summed E-state index contributed by atoms with van der Waals surface area (Å²) in [5.41, 5.74) is 5.45. The molecule has 0 unspecified atom stereocenters. The lowest BCUT2D eigenvalue weighted by atomic mass is 9.99. The molecule has 3 N–H and O–H groups in total. The molecule has 3 aliphatic heterocycles. The molecule has 0 radical (unpaired) electrons. The van der Waals surface area contributed by atoms with Crippen LogP contribution in [0.3, 0.4) is 0 Å². The van der Waals surface area contributed by atoms with Gasteiger partial charge in [0, 0.05) is 24.3 Å². The molecule has 0 saturated carbocycles. The van der Waals surface area contributed by atoms with Crippen LogP contribution >= 0.6 is 0 Å². The van der Waals surface area contributed by atoms with Crippen molar-refractivity contribution in [3.8, 4) is 22.6 Å². The van der Waals surface area contributed by atoms with Gasteiger partial charge in [0.1, 0.15) is 24.1 Å². The Kier molecular flexibility index (Phi) is 4.85. The molecule has 0 aromatic heterocycles. The number of carbonyl (C=O) groups is 1. The SMILES string of the molecule is C[C@H]1C(=O)NN=C2COc3cc(-c4ccc(OC(F)(F)F)cc4)c(NC4CNC4)cc3N21. The van der Waals surface area contributed by atoms with Crippen LogP contribution in [0.2, 0.25) is 0 Å². The summed E-state index contributed by atoms with van der Waals surface area (Å²) in [5, 5.41) is 10.8. The zero-order valence-corrected chi connectivity index (χ0v) is 17.0. The Morgan fingerprint density at radius 1 is 1.22 bits per heavy atom. The predicted octanol–water partition coefficient (Wildman–Crippen LogP) is 2.67. The van der Waals surface area contributed by atoms with Crippen LogP contribution in [0.4, 0.5) is 24.5 Å². The van der Waals surface area contributed by atoms with Crippen LogP contribution in [0.15, 0.2) is 41.5 Å². The first kappa shape index (κ1) is 20.4. The zero-order valence-electron chi connectivity index (χ0n) is 17.0. The van der Waals surface area contributed by atoms with Gasteiger partial charge in [0.25, 0.3) is 5.91 Å². The summed E-state index contributed by atoms with van der Waals surface area (Å²) in [6.07, 6.45) is -4.75. The third kappa shape index (κ3) is 3.79. The van der Waals surface area contributed by atoms with Crippen LogP contribution in [0.5, 0.6) is 11.5 Å². The number of alkyl halides is 3. The van der Waals surface area contributed by atoms with Crippen LogP contribution in [-0.4, -0.2) is 49.9 Å². The number of benzene rings is 2. The molecule has 0 bridgehead atoms. The number of amides is 1. The Hall–Kier alpha value is -3.47. The minimum atomic E-state index is -4.75. The van der Waals surface area contributed by atoms with Crippen LogP contribution in [-0.2, 0) is 4.79 Å². The van der Waals surface area contributed by atoms with E-state index in [1.165, 1.54) is 12.1 Å². The molecule has 1 fully saturated rings. The molecular formula is C21H20F3N5O3. The second-order valence-corrected chi connectivity index (χ2v) is 7.78. The highest BCUT2D eigenvalue weighted by Gasteiger charge is 2.36. The summed E-state index contributed by atoms with van der Waals surface area (Å²) in [5.74, 6) is 0.654. The van der Waals surface area contributed by atoms with Crippen LogP contribution in [0.1, 0.15) is 6.92 Å². The first-order valence-corrected chi connectivity index (χ1v) is 10.1. The molecule has 11 heteroatoms. The largest absolute Gasteiger partial charge is 0.573 e. The van der Waals surface area contributed by atoms with Crippen molar-refractivity contribution in [2.24, 2.45) is 5.10 Å². The number of amidine groups is 1. The molecule has 2 aromatic rings. The standard InChI is InChI=1S/C21H20F3N5O3/c1-11-20(30)28-27-19-10-31-18-6-15(12-2-4-14(5-3-12)32-21(22,23)24)16(7-17(18)29(11)19)26-13-8-25-9-13/h2-7,11,13,25-26H,8-10H2,1H3,(H,28,30)/t11-/m0/s1. The van der Waals surface area contributed by atoms with Gasteiger partial charge in [-0.15, -0.1) is 13.2 Å². The Labute approximate surface area is 181 Å². The van der Waals surface area contributed by atoms with Crippen molar-refractivity contribution in [2.45, 2.75) is 25.4 Å². The maximum Gasteiger partial charge on any atom is 0.573 e. The smallest absolute Gasteiger partial charge is 0.483 e. The highest BCUT2D eigenvalue weighted by atomic mass is 19.4. The second-order valence-electron chi connectivity index (χ2n) is 7.78. The molecule has 5 rings (SSSR count).